The molecule has 0 saturated carbocycles. The number of carbonyl (C=O) groups excluding carboxylic acids is 1. The Morgan fingerprint density at radius 3 is 2.38 bits per heavy atom. The van der Waals surface area contributed by atoms with E-state index in [1.54, 1.807) is 6.07 Å². The quantitative estimate of drug-likeness (QED) is 0.674. The van der Waals surface area contributed by atoms with Crippen LogP contribution in [0, 0.1) is 15.9 Å². The smallest absolute Gasteiger partial charge is 0.306 e. The number of nitro groups is 1. The zero-order valence-electron chi connectivity index (χ0n) is 10.3. The molecule has 0 radical (unpaired) electrons. The molecule has 0 aromatic heterocycles. The molecule has 0 aliphatic carbocycles. The molecule has 0 saturated heterocycles. The summed E-state index contributed by atoms with van der Waals surface area (Å²) in [6, 6.07) is 7.54. The molecule has 2 aromatic carbocycles. The molecule has 1 amide bonds. The van der Waals surface area contributed by atoms with Crippen molar-refractivity contribution in [3.05, 3.63) is 67.9 Å². The van der Waals surface area contributed by atoms with Crippen LogP contribution in [0.15, 0.2) is 36.4 Å². The van der Waals surface area contributed by atoms with Crippen LogP contribution in [0.3, 0.4) is 0 Å². The minimum Gasteiger partial charge on any atom is -0.322 e. The Bertz CT molecular complexity index is 717. The van der Waals surface area contributed by atoms with Gasteiger partial charge < -0.3 is 5.32 Å². The highest BCUT2D eigenvalue weighted by atomic mass is 35.5. The Kier molecular flexibility index (Phi) is 4.40. The summed E-state index contributed by atoms with van der Waals surface area (Å²) in [6.07, 6.45) is 0. The van der Waals surface area contributed by atoms with Gasteiger partial charge in [-0.3, -0.25) is 14.9 Å². The van der Waals surface area contributed by atoms with Crippen LogP contribution < -0.4 is 5.32 Å². The number of halogens is 3. The maximum Gasteiger partial charge on any atom is 0.306 e. The van der Waals surface area contributed by atoms with Gasteiger partial charge in [0.15, 0.2) is 0 Å². The van der Waals surface area contributed by atoms with Gasteiger partial charge in [-0.1, -0.05) is 29.3 Å². The number of carbonyl (C=O) groups is 1. The maximum absolute atomic E-state index is 13.2. The lowest BCUT2D eigenvalue weighted by Crippen LogP contribution is -2.13. The van der Waals surface area contributed by atoms with Crippen molar-refractivity contribution in [2.45, 2.75) is 0 Å². The SMILES string of the molecule is O=C(Nc1ccc(F)c([N+](=O)[O-])c1)c1c(Cl)cccc1Cl. The minimum absolute atomic E-state index is 0.0350. The lowest BCUT2D eigenvalue weighted by atomic mass is 10.2. The molecule has 8 heteroatoms. The molecule has 0 heterocycles. The van der Waals surface area contributed by atoms with Crippen molar-refractivity contribution in [2.75, 3.05) is 5.32 Å². The Morgan fingerprint density at radius 1 is 1.19 bits per heavy atom. The van der Waals surface area contributed by atoms with Crippen molar-refractivity contribution in [2.24, 2.45) is 0 Å². The zero-order chi connectivity index (χ0) is 15.6. The first kappa shape index (κ1) is 15.2. The summed E-state index contributed by atoms with van der Waals surface area (Å²) in [6.45, 7) is 0. The molecular formula is C13H7Cl2FN2O3. The highest BCUT2D eigenvalue weighted by Gasteiger charge is 2.18. The molecule has 0 atom stereocenters. The third-order valence-electron chi connectivity index (χ3n) is 2.59. The van der Waals surface area contributed by atoms with Crippen LogP contribution in [0.4, 0.5) is 15.8 Å². The normalized spacial score (nSPS) is 10.2. The molecule has 5 nitrogen and oxygen atoms in total. The molecule has 2 aromatic rings. The maximum atomic E-state index is 13.2. The van der Waals surface area contributed by atoms with Crippen LogP contribution >= 0.6 is 23.2 Å². The van der Waals surface area contributed by atoms with E-state index < -0.39 is 22.3 Å². The lowest BCUT2D eigenvalue weighted by molar-refractivity contribution is -0.387. The van der Waals surface area contributed by atoms with Crippen LogP contribution in [0.25, 0.3) is 0 Å². The van der Waals surface area contributed by atoms with Gasteiger partial charge in [-0.2, -0.15) is 4.39 Å². The molecule has 0 bridgehead atoms. The van der Waals surface area contributed by atoms with Gasteiger partial charge in [0.1, 0.15) is 0 Å². The largest absolute Gasteiger partial charge is 0.322 e. The highest BCUT2D eigenvalue weighted by molar-refractivity contribution is 6.40. The van der Waals surface area contributed by atoms with Gasteiger partial charge in [-0.15, -0.1) is 0 Å². The topological polar surface area (TPSA) is 72.2 Å². The molecule has 21 heavy (non-hydrogen) atoms. The van der Waals surface area contributed by atoms with E-state index in [4.69, 9.17) is 23.2 Å². The number of hydrogen-bond acceptors (Lipinski definition) is 3. The van der Waals surface area contributed by atoms with E-state index in [9.17, 15) is 19.3 Å². The van der Waals surface area contributed by atoms with Crippen LogP contribution in [0.5, 0.6) is 0 Å². The molecule has 108 valence electrons. The third-order valence-corrected chi connectivity index (χ3v) is 3.22. The number of anilines is 1. The van der Waals surface area contributed by atoms with Crippen molar-refractivity contribution < 1.29 is 14.1 Å². The van der Waals surface area contributed by atoms with Gasteiger partial charge in [0, 0.05) is 11.8 Å². The number of benzene rings is 2. The van der Waals surface area contributed by atoms with E-state index in [1.807, 2.05) is 0 Å². The summed E-state index contributed by atoms with van der Waals surface area (Å²) < 4.78 is 13.2. The fourth-order valence-corrected chi connectivity index (χ4v) is 2.21. The van der Waals surface area contributed by atoms with Crippen molar-refractivity contribution >= 4 is 40.5 Å². The fourth-order valence-electron chi connectivity index (χ4n) is 1.64. The molecule has 1 N–H and O–H groups in total. The predicted octanol–water partition coefficient (Wildman–Crippen LogP) is 4.29. The first-order valence-electron chi connectivity index (χ1n) is 5.59. The van der Waals surface area contributed by atoms with E-state index in [2.05, 4.69) is 5.32 Å². The summed E-state index contributed by atoms with van der Waals surface area (Å²) in [7, 11) is 0. The second-order valence-corrected chi connectivity index (χ2v) is 4.79. The van der Waals surface area contributed by atoms with Crippen LogP contribution in [-0.4, -0.2) is 10.8 Å². The van der Waals surface area contributed by atoms with Gasteiger partial charge in [0.25, 0.3) is 5.91 Å². The number of amides is 1. The standard InChI is InChI=1S/C13H7Cl2FN2O3/c14-8-2-1-3-9(15)12(8)13(19)17-7-4-5-10(16)11(6-7)18(20)21/h1-6H,(H,17,19). The van der Waals surface area contributed by atoms with Crippen LogP contribution in [-0.2, 0) is 0 Å². The van der Waals surface area contributed by atoms with Gasteiger partial charge in [-0.05, 0) is 24.3 Å². The minimum atomic E-state index is -0.992. The summed E-state index contributed by atoms with van der Waals surface area (Å²) in [5, 5.41) is 13.3. The van der Waals surface area contributed by atoms with E-state index in [1.165, 1.54) is 18.2 Å². The first-order valence-corrected chi connectivity index (χ1v) is 6.35. The van der Waals surface area contributed by atoms with E-state index >= 15 is 0 Å². The summed E-state index contributed by atoms with van der Waals surface area (Å²) in [4.78, 5) is 21.8. The third kappa shape index (κ3) is 3.29. The molecular weight excluding hydrogens is 322 g/mol. The van der Waals surface area contributed by atoms with Crippen molar-refractivity contribution in [1.29, 1.82) is 0 Å². The van der Waals surface area contributed by atoms with E-state index in [-0.39, 0.29) is 21.3 Å². The Balaban J connectivity index is 2.32. The number of rotatable bonds is 3. The van der Waals surface area contributed by atoms with Crippen molar-refractivity contribution in [3.8, 4) is 0 Å². The Hall–Kier alpha value is -2.18. The highest BCUT2D eigenvalue weighted by Crippen LogP contribution is 2.26. The van der Waals surface area contributed by atoms with Crippen molar-refractivity contribution in [1.82, 2.24) is 0 Å². The number of nitro benzene ring substituents is 1. The second-order valence-electron chi connectivity index (χ2n) is 3.97. The molecule has 0 unspecified atom stereocenters. The molecule has 0 aliphatic rings. The average Bonchev–Trinajstić information content (AvgIpc) is 2.40. The molecule has 2 rings (SSSR count). The van der Waals surface area contributed by atoms with Crippen LogP contribution in [0.1, 0.15) is 10.4 Å². The van der Waals surface area contributed by atoms with Gasteiger partial charge in [-0.25, -0.2) is 0 Å². The zero-order valence-corrected chi connectivity index (χ0v) is 11.8. The summed E-state index contributed by atoms with van der Waals surface area (Å²) in [5.41, 5.74) is -0.644. The second kappa shape index (κ2) is 6.07. The predicted molar refractivity (Wildman–Crippen MR) is 77.5 cm³/mol. The number of nitrogens with zero attached hydrogens (tertiary/aromatic N) is 1. The Labute approximate surface area is 128 Å². The van der Waals surface area contributed by atoms with Crippen molar-refractivity contribution in [3.63, 3.8) is 0 Å². The van der Waals surface area contributed by atoms with Gasteiger partial charge >= 0.3 is 5.69 Å². The molecule has 0 spiro atoms. The molecule has 0 aliphatic heterocycles. The van der Waals surface area contributed by atoms with Gasteiger partial charge in [0.05, 0.1) is 20.5 Å². The Morgan fingerprint density at radius 2 is 1.81 bits per heavy atom. The summed E-state index contributed by atoms with van der Waals surface area (Å²) in [5.74, 6) is -1.64. The average molecular weight is 329 g/mol. The van der Waals surface area contributed by atoms with E-state index in [0.717, 1.165) is 12.1 Å². The van der Waals surface area contributed by atoms with E-state index in [0.29, 0.717) is 0 Å². The summed E-state index contributed by atoms with van der Waals surface area (Å²) >= 11 is 11.8. The van der Waals surface area contributed by atoms with Crippen LogP contribution in [0.2, 0.25) is 10.0 Å². The first-order chi connectivity index (χ1) is 9.90. The molecule has 0 fully saturated rings. The lowest BCUT2D eigenvalue weighted by Gasteiger charge is -2.08. The monoisotopic (exact) mass is 328 g/mol. The number of nitrogens with one attached hydrogen (secondary N) is 1. The number of hydrogen-bond donors (Lipinski definition) is 1. The fraction of sp³-hybridized carbons (Fsp3) is 0. The van der Waals surface area contributed by atoms with Gasteiger partial charge in [0.2, 0.25) is 5.82 Å².